The van der Waals surface area contributed by atoms with Crippen LogP contribution in [0.3, 0.4) is 0 Å². The molecule has 7 heteroatoms. The van der Waals surface area contributed by atoms with Crippen molar-refractivity contribution < 1.29 is 13.2 Å². The first-order valence-electron chi connectivity index (χ1n) is 5.94. The van der Waals surface area contributed by atoms with Crippen molar-refractivity contribution in [3.8, 4) is 0 Å². The van der Waals surface area contributed by atoms with E-state index in [-0.39, 0.29) is 23.6 Å². The van der Waals surface area contributed by atoms with Crippen LogP contribution in [-0.4, -0.2) is 50.0 Å². The summed E-state index contributed by atoms with van der Waals surface area (Å²) in [6.45, 7) is 4.52. The van der Waals surface area contributed by atoms with E-state index in [9.17, 15) is 13.2 Å². The van der Waals surface area contributed by atoms with Crippen LogP contribution in [0.25, 0.3) is 0 Å². The molecule has 0 fully saturated rings. The highest BCUT2D eigenvalue weighted by Crippen LogP contribution is 2.14. The van der Waals surface area contributed by atoms with Gasteiger partial charge in [-0.05, 0) is 13.3 Å². The Morgan fingerprint density at radius 3 is 2.83 bits per heavy atom. The van der Waals surface area contributed by atoms with Gasteiger partial charge in [0.1, 0.15) is 0 Å². The van der Waals surface area contributed by atoms with Crippen molar-refractivity contribution in [2.45, 2.75) is 26.3 Å². The second-order valence-electron chi connectivity index (χ2n) is 4.41. The fourth-order valence-electron chi connectivity index (χ4n) is 1.72. The molecule has 0 saturated heterocycles. The molecule has 0 radical (unpaired) electrons. The van der Waals surface area contributed by atoms with E-state index in [1.165, 1.54) is 0 Å². The summed E-state index contributed by atoms with van der Waals surface area (Å²) in [6.07, 6.45) is 2.85. The van der Waals surface area contributed by atoms with Crippen molar-refractivity contribution in [2.24, 2.45) is 0 Å². The molecule has 0 aromatic heterocycles. The number of hydrogen-bond donors (Lipinski definition) is 1. The number of rotatable bonds is 4. The zero-order valence-corrected chi connectivity index (χ0v) is 13.1. The Bertz CT molecular complexity index is 434. The lowest BCUT2D eigenvalue weighted by atomic mass is 10.2. The van der Waals surface area contributed by atoms with Gasteiger partial charge < -0.3 is 10.2 Å². The van der Waals surface area contributed by atoms with Crippen LogP contribution in [0.15, 0.2) is 10.6 Å². The maximum absolute atomic E-state index is 11.9. The van der Waals surface area contributed by atoms with Crippen molar-refractivity contribution in [3.63, 3.8) is 0 Å². The molecule has 0 unspecified atom stereocenters. The minimum absolute atomic E-state index is 0.0138. The lowest BCUT2D eigenvalue weighted by Crippen LogP contribution is -2.47. The molecule has 104 valence electrons. The molecular weight excluding hydrogens is 320 g/mol. The molecule has 0 saturated carbocycles. The molecule has 0 aromatic carbocycles. The summed E-state index contributed by atoms with van der Waals surface area (Å²) in [5.74, 6) is 0.0886. The van der Waals surface area contributed by atoms with Crippen LogP contribution in [0.2, 0.25) is 0 Å². The van der Waals surface area contributed by atoms with Gasteiger partial charge in [0, 0.05) is 22.8 Å². The molecule has 0 aliphatic carbocycles. The Morgan fingerprint density at radius 2 is 2.28 bits per heavy atom. The number of nitrogens with zero attached hydrogens (tertiary/aromatic N) is 1. The number of hydrogen-bond acceptors (Lipinski definition) is 3. The fourth-order valence-corrected chi connectivity index (χ4v) is 3.33. The summed E-state index contributed by atoms with van der Waals surface area (Å²) in [7, 11) is -3.06. The largest absolute Gasteiger partial charge is 0.335 e. The number of carbonyl (C=O) groups is 1. The molecular formula is C11H19BrN2O3S. The average molecular weight is 339 g/mol. The summed E-state index contributed by atoms with van der Waals surface area (Å²) < 4.78 is 23.9. The van der Waals surface area contributed by atoms with Gasteiger partial charge in [0.05, 0.1) is 12.3 Å². The summed E-state index contributed by atoms with van der Waals surface area (Å²) in [5.41, 5.74) is 0. The second kappa shape index (κ2) is 6.56. The Hall–Kier alpha value is -0.560. The Balaban J connectivity index is 2.47. The first kappa shape index (κ1) is 15.5. The number of urea groups is 1. The lowest BCUT2D eigenvalue weighted by molar-refractivity contribution is 0.199. The minimum Gasteiger partial charge on any atom is -0.335 e. The second-order valence-corrected chi connectivity index (χ2v) is 7.83. The van der Waals surface area contributed by atoms with E-state index in [4.69, 9.17) is 0 Å². The zero-order valence-electron chi connectivity index (χ0n) is 10.6. The van der Waals surface area contributed by atoms with E-state index in [0.717, 1.165) is 10.9 Å². The molecule has 1 aliphatic rings. The molecule has 1 aliphatic heterocycles. The molecule has 0 aromatic rings. The summed E-state index contributed by atoms with van der Waals surface area (Å²) in [5, 5.41) is 2.72. The van der Waals surface area contributed by atoms with Crippen LogP contribution in [0.5, 0.6) is 0 Å². The molecule has 0 bridgehead atoms. The topological polar surface area (TPSA) is 66.5 Å². The first-order chi connectivity index (χ1) is 8.34. The highest BCUT2D eigenvalue weighted by Gasteiger charge is 2.20. The molecule has 1 rings (SSSR count). The van der Waals surface area contributed by atoms with Gasteiger partial charge in [-0.1, -0.05) is 28.9 Å². The number of sulfone groups is 1. The Labute approximate surface area is 117 Å². The van der Waals surface area contributed by atoms with Gasteiger partial charge in [-0.3, -0.25) is 0 Å². The van der Waals surface area contributed by atoms with E-state index in [0.29, 0.717) is 13.1 Å². The normalized spacial score (nSPS) is 18.2. The number of halogens is 1. The molecule has 1 atom stereocenters. The summed E-state index contributed by atoms with van der Waals surface area (Å²) >= 11 is 3.37. The molecule has 1 N–H and O–H groups in total. The SMILES string of the molecule is CCS(=O)(=O)C[C@@H](C)NC(=O)N1CCC=C(Br)C1. The van der Waals surface area contributed by atoms with Gasteiger partial charge in [0.25, 0.3) is 0 Å². The van der Waals surface area contributed by atoms with Crippen molar-refractivity contribution in [1.29, 1.82) is 0 Å². The summed E-state index contributed by atoms with van der Waals surface area (Å²) in [4.78, 5) is 13.6. The third-order valence-corrected chi connectivity index (χ3v) is 5.17. The molecule has 0 spiro atoms. The zero-order chi connectivity index (χ0) is 13.8. The molecule has 1 heterocycles. The van der Waals surface area contributed by atoms with Crippen LogP contribution < -0.4 is 5.32 Å². The fraction of sp³-hybridized carbons (Fsp3) is 0.727. The smallest absolute Gasteiger partial charge is 0.317 e. The van der Waals surface area contributed by atoms with Crippen molar-refractivity contribution in [2.75, 3.05) is 24.6 Å². The maximum atomic E-state index is 11.9. The molecule has 2 amide bonds. The van der Waals surface area contributed by atoms with Gasteiger partial charge in [-0.2, -0.15) is 0 Å². The summed E-state index contributed by atoms with van der Waals surface area (Å²) in [6, 6.07) is -0.578. The predicted molar refractivity (Wildman–Crippen MR) is 75.5 cm³/mol. The van der Waals surface area contributed by atoms with E-state index >= 15 is 0 Å². The van der Waals surface area contributed by atoms with E-state index in [1.54, 1.807) is 18.7 Å². The number of nitrogens with one attached hydrogen (secondary N) is 1. The third-order valence-electron chi connectivity index (χ3n) is 2.71. The van der Waals surface area contributed by atoms with Gasteiger partial charge in [0.2, 0.25) is 0 Å². The first-order valence-corrected chi connectivity index (χ1v) is 8.56. The van der Waals surface area contributed by atoms with Crippen LogP contribution in [0.4, 0.5) is 4.79 Å². The number of amides is 2. The van der Waals surface area contributed by atoms with E-state index < -0.39 is 9.84 Å². The molecule has 18 heavy (non-hydrogen) atoms. The van der Waals surface area contributed by atoms with Gasteiger partial charge in [-0.15, -0.1) is 0 Å². The average Bonchev–Trinajstić information content (AvgIpc) is 2.28. The Morgan fingerprint density at radius 1 is 1.61 bits per heavy atom. The number of carbonyl (C=O) groups excluding carboxylic acids is 1. The van der Waals surface area contributed by atoms with Crippen LogP contribution in [-0.2, 0) is 9.84 Å². The highest BCUT2D eigenvalue weighted by atomic mass is 79.9. The molecule has 5 nitrogen and oxygen atoms in total. The van der Waals surface area contributed by atoms with E-state index in [2.05, 4.69) is 21.2 Å². The van der Waals surface area contributed by atoms with E-state index in [1.807, 2.05) is 6.08 Å². The maximum Gasteiger partial charge on any atom is 0.317 e. The van der Waals surface area contributed by atoms with Crippen LogP contribution in [0.1, 0.15) is 20.3 Å². The highest BCUT2D eigenvalue weighted by molar-refractivity contribution is 9.11. The third kappa shape index (κ3) is 4.97. The van der Waals surface area contributed by atoms with Crippen molar-refractivity contribution in [1.82, 2.24) is 10.2 Å². The monoisotopic (exact) mass is 338 g/mol. The van der Waals surface area contributed by atoms with Crippen molar-refractivity contribution in [3.05, 3.63) is 10.6 Å². The minimum atomic E-state index is -3.06. The van der Waals surface area contributed by atoms with Gasteiger partial charge in [0.15, 0.2) is 9.84 Å². The lowest BCUT2D eigenvalue weighted by Gasteiger charge is -2.27. The van der Waals surface area contributed by atoms with Crippen LogP contribution in [0, 0.1) is 0 Å². The quantitative estimate of drug-likeness (QED) is 0.844. The van der Waals surface area contributed by atoms with Crippen LogP contribution >= 0.6 is 15.9 Å². The van der Waals surface area contributed by atoms with Gasteiger partial charge in [-0.25, -0.2) is 13.2 Å². The van der Waals surface area contributed by atoms with Crippen molar-refractivity contribution >= 4 is 31.8 Å². The van der Waals surface area contributed by atoms with Gasteiger partial charge >= 0.3 is 6.03 Å². The predicted octanol–water partition coefficient (Wildman–Crippen LogP) is 1.50. The Kier molecular flexibility index (Phi) is 5.65. The standard InChI is InChI=1S/C11H19BrN2O3S/c1-3-18(16,17)8-9(2)13-11(15)14-6-4-5-10(12)7-14/h5,9H,3-4,6-8H2,1-2H3,(H,13,15)/t9-/m1/s1.